The summed E-state index contributed by atoms with van der Waals surface area (Å²) in [7, 11) is 0. The summed E-state index contributed by atoms with van der Waals surface area (Å²) in [6.45, 7) is 2.00. The molecule has 0 aliphatic heterocycles. The number of aliphatic hydroxyl groups is 5. The minimum absolute atomic E-state index is 0.165. The highest BCUT2D eigenvalue weighted by Crippen LogP contribution is 2.50. The molecule has 2 aliphatic carbocycles. The number of para-hydroxylation sites is 1. The van der Waals surface area contributed by atoms with Gasteiger partial charge in [0, 0.05) is 48.8 Å². The number of amides is 2. The van der Waals surface area contributed by atoms with Gasteiger partial charge in [-0.3, -0.25) is 9.97 Å². The smallest absolute Gasteiger partial charge is 0.314 e. The topological polar surface area (TPSA) is 189 Å². The van der Waals surface area contributed by atoms with Crippen LogP contribution >= 0.6 is 0 Å². The van der Waals surface area contributed by atoms with Gasteiger partial charge in [-0.2, -0.15) is 0 Å². The second-order valence-corrected chi connectivity index (χ2v) is 12.6. The van der Waals surface area contributed by atoms with Gasteiger partial charge in [0.2, 0.25) is 0 Å². The third-order valence-corrected chi connectivity index (χ3v) is 8.88. The van der Waals surface area contributed by atoms with Crippen molar-refractivity contribution in [3.05, 3.63) is 77.4 Å². The molecule has 2 amide bonds. The predicted octanol–water partition coefficient (Wildman–Crippen LogP) is 1.83. The molecule has 0 saturated heterocycles. The average molecular weight is 650 g/mol. The molecule has 47 heavy (non-hydrogen) atoms. The number of aryl methyl sites for hydroxylation is 2. The highest BCUT2D eigenvalue weighted by atomic mass is 16.5. The second-order valence-electron chi connectivity index (χ2n) is 12.6. The Morgan fingerprint density at radius 2 is 1.74 bits per heavy atom. The van der Waals surface area contributed by atoms with E-state index < -0.39 is 37.1 Å². The van der Waals surface area contributed by atoms with Crippen LogP contribution in [0.25, 0.3) is 11.1 Å². The van der Waals surface area contributed by atoms with Crippen molar-refractivity contribution in [2.45, 2.75) is 94.5 Å². The molecule has 4 atom stereocenters. The van der Waals surface area contributed by atoms with Crippen LogP contribution in [-0.2, 0) is 18.5 Å². The van der Waals surface area contributed by atoms with E-state index in [1.54, 1.807) is 0 Å². The summed E-state index contributed by atoms with van der Waals surface area (Å²) in [5.74, 6) is 0.922. The molecule has 2 saturated carbocycles. The molecule has 12 nitrogen and oxygen atoms in total. The van der Waals surface area contributed by atoms with E-state index in [0.29, 0.717) is 25.6 Å². The third-order valence-electron chi connectivity index (χ3n) is 8.88. The van der Waals surface area contributed by atoms with Crippen LogP contribution in [0.2, 0.25) is 0 Å². The Hall–Kier alpha value is -3.65. The Bertz CT molecular complexity index is 1480. The van der Waals surface area contributed by atoms with Crippen LogP contribution in [0.3, 0.4) is 0 Å². The van der Waals surface area contributed by atoms with Crippen molar-refractivity contribution >= 4 is 6.03 Å². The molecule has 2 fully saturated rings. The maximum absolute atomic E-state index is 12.1. The first-order chi connectivity index (χ1) is 22.7. The number of carbonyl (C=O) groups excluding carboxylic acids is 1. The van der Waals surface area contributed by atoms with Crippen molar-refractivity contribution in [1.29, 1.82) is 0 Å². The van der Waals surface area contributed by atoms with Crippen LogP contribution in [0.15, 0.2) is 54.9 Å². The lowest BCUT2D eigenvalue weighted by atomic mass is 9.94. The number of rotatable bonds is 18. The van der Waals surface area contributed by atoms with E-state index in [0.717, 1.165) is 72.4 Å². The van der Waals surface area contributed by atoms with Crippen LogP contribution in [0.5, 0.6) is 5.75 Å². The standard InChI is InChI=1S/C35H47N5O7/c1-22-9-10-23(6-4-5-16-37-34(46)38-20-29(42)32(44)33(45)30(43)21-41)40-28(22)19-39-35(14-15-35)27-18-36-17-13-25(27)26-7-2-3-8-31(26)47-24-11-12-24/h2-3,7-10,13,17-18,24,29-30,32-33,39,41-45H,4-6,11-12,14-16,19-21H2,1H3,(H2,37,38,46)/t29-,30+,32+,33+/m0/s1. The largest absolute Gasteiger partial charge is 0.490 e. The number of unbranched alkanes of at least 4 members (excludes halogenated alkanes) is 1. The maximum atomic E-state index is 12.1. The summed E-state index contributed by atoms with van der Waals surface area (Å²) in [4.78, 5) is 21.5. The summed E-state index contributed by atoms with van der Waals surface area (Å²) in [5, 5.41) is 56.7. The van der Waals surface area contributed by atoms with Crippen molar-refractivity contribution in [1.82, 2.24) is 25.9 Å². The van der Waals surface area contributed by atoms with Crippen LogP contribution in [0, 0.1) is 6.92 Å². The predicted molar refractivity (Wildman–Crippen MR) is 176 cm³/mol. The molecule has 0 unspecified atom stereocenters. The maximum Gasteiger partial charge on any atom is 0.314 e. The Morgan fingerprint density at radius 1 is 0.979 bits per heavy atom. The molecule has 12 heteroatoms. The van der Waals surface area contributed by atoms with Gasteiger partial charge >= 0.3 is 6.03 Å². The molecular weight excluding hydrogens is 602 g/mol. The number of nitrogens with zero attached hydrogens (tertiary/aromatic N) is 2. The number of hydrogen-bond acceptors (Lipinski definition) is 10. The van der Waals surface area contributed by atoms with E-state index in [1.807, 2.05) is 24.5 Å². The third kappa shape index (κ3) is 9.25. The summed E-state index contributed by atoms with van der Waals surface area (Å²) < 4.78 is 6.25. The molecule has 1 aromatic carbocycles. The van der Waals surface area contributed by atoms with Crippen molar-refractivity contribution in [2.24, 2.45) is 0 Å². The van der Waals surface area contributed by atoms with E-state index in [4.69, 9.17) is 14.8 Å². The minimum atomic E-state index is -1.74. The monoisotopic (exact) mass is 649 g/mol. The van der Waals surface area contributed by atoms with Gasteiger partial charge in [-0.05, 0) is 86.8 Å². The van der Waals surface area contributed by atoms with E-state index >= 15 is 0 Å². The lowest BCUT2D eigenvalue weighted by Gasteiger charge is -2.25. The fourth-order valence-corrected chi connectivity index (χ4v) is 5.60. The number of hydrogen-bond donors (Lipinski definition) is 8. The highest BCUT2D eigenvalue weighted by Gasteiger charge is 2.46. The number of nitrogens with one attached hydrogen (secondary N) is 3. The Kier molecular flexibility index (Phi) is 11.8. The van der Waals surface area contributed by atoms with Crippen LogP contribution in [0.4, 0.5) is 4.79 Å². The highest BCUT2D eigenvalue weighted by molar-refractivity contribution is 5.75. The van der Waals surface area contributed by atoms with Gasteiger partial charge in [-0.15, -0.1) is 0 Å². The van der Waals surface area contributed by atoms with Crippen molar-refractivity contribution in [3.63, 3.8) is 0 Å². The first-order valence-electron chi connectivity index (χ1n) is 16.5. The molecule has 8 N–H and O–H groups in total. The molecule has 0 bridgehead atoms. The summed E-state index contributed by atoms with van der Waals surface area (Å²) in [5.41, 5.74) is 6.37. The molecule has 5 rings (SSSR count). The van der Waals surface area contributed by atoms with Gasteiger partial charge in [0.1, 0.15) is 24.1 Å². The van der Waals surface area contributed by atoms with Crippen LogP contribution in [0.1, 0.15) is 61.0 Å². The van der Waals surface area contributed by atoms with Gasteiger partial charge in [0.25, 0.3) is 0 Å². The zero-order valence-corrected chi connectivity index (χ0v) is 26.8. The minimum Gasteiger partial charge on any atom is -0.490 e. The Morgan fingerprint density at radius 3 is 2.49 bits per heavy atom. The first-order valence-corrected chi connectivity index (χ1v) is 16.5. The molecule has 0 radical (unpaired) electrons. The summed E-state index contributed by atoms with van der Waals surface area (Å²) >= 11 is 0. The molecule has 254 valence electrons. The lowest BCUT2D eigenvalue weighted by Crippen LogP contribution is -2.50. The second kappa shape index (κ2) is 16.0. The SMILES string of the molecule is Cc1ccc(CCCCNC(=O)NC[C@H](O)[C@@H](O)[C@H](O)[C@H](O)CO)nc1CNC1(c2cnccc2-c2ccccc2OC2CC2)CC1. The van der Waals surface area contributed by atoms with Crippen molar-refractivity contribution in [3.8, 4) is 16.9 Å². The van der Waals surface area contributed by atoms with Crippen LogP contribution < -0.4 is 20.7 Å². The summed E-state index contributed by atoms with van der Waals surface area (Å²) in [6.07, 6.45) is 4.08. The molecule has 2 aliphatic rings. The number of ether oxygens (including phenoxy) is 1. The van der Waals surface area contributed by atoms with Crippen LogP contribution in [-0.4, -0.2) is 91.7 Å². The molecular formula is C35H47N5O7. The van der Waals surface area contributed by atoms with E-state index in [-0.39, 0.29) is 12.1 Å². The van der Waals surface area contributed by atoms with Gasteiger partial charge in [-0.25, -0.2) is 4.79 Å². The van der Waals surface area contributed by atoms with E-state index in [9.17, 15) is 25.2 Å². The zero-order chi connectivity index (χ0) is 33.4. The molecule has 2 heterocycles. The van der Waals surface area contributed by atoms with Crippen molar-refractivity contribution < 1.29 is 35.1 Å². The normalized spacial score (nSPS) is 17.7. The van der Waals surface area contributed by atoms with Gasteiger partial charge in [0.05, 0.1) is 24.5 Å². The number of aromatic nitrogens is 2. The number of carbonyl (C=O) groups is 1. The van der Waals surface area contributed by atoms with Gasteiger partial charge in [-0.1, -0.05) is 24.3 Å². The van der Waals surface area contributed by atoms with Gasteiger partial charge in [0.15, 0.2) is 0 Å². The molecule has 3 aromatic rings. The first kappa shape index (κ1) is 34.7. The van der Waals surface area contributed by atoms with E-state index in [2.05, 4.69) is 58.2 Å². The Labute approximate surface area is 275 Å². The zero-order valence-electron chi connectivity index (χ0n) is 26.8. The van der Waals surface area contributed by atoms with E-state index in [1.165, 1.54) is 5.56 Å². The Balaban J connectivity index is 1.09. The fraction of sp³-hybridized carbons (Fsp3) is 0.514. The fourth-order valence-electron chi connectivity index (χ4n) is 5.60. The lowest BCUT2D eigenvalue weighted by molar-refractivity contribution is -0.113. The number of pyridine rings is 2. The van der Waals surface area contributed by atoms with Crippen molar-refractivity contribution in [2.75, 3.05) is 19.7 Å². The number of benzene rings is 1. The number of aliphatic hydroxyl groups excluding tert-OH is 5. The average Bonchev–Trinajstić information content (AvgIpc) is 4.04. The molecule has 0 spiro atoms. The van der Waals surface area contributed by atoms with Gasteiger partial charge < -0.3 is 46.2 Å². The quantitative estimate of drug-likeness (QED) is 0.0945. The number of urea groups is 1. The summed E-state index contributed by atoms with van der Waals surface area (Å²) in [6, 6.07) is 13.9. The molecule has 2 aromatic heterocycles.